The second-order valence-corrected chi connectivity index (χ2v) is 8.00. The first-order valence-electron chi connectivity index (χ1n) is 7.75. The highest BCUT2D eigenvalue weighted by Crippen LogP contribution is 2.30. The summed E-state index contributed by atoms with van der Waals surface area (Å²) in [7, 11) is -3.53. The zero-order valence-corrected chi connectivity index (χ0v) is 16.6. The van der Waals surface area contributed by atoms with E-state index in [0.717, 1.165) is 6.54 Å². The summed E-state index contributed by atoms with van der Waals surface area (Å²) >= 11 is 0. The van der Waals surface area contributed by atoms with Crippen LogP contribution in [0.25, 0.3) is 0 Å². The maximum absolute atomic E-state index is 12.5. The van der Waals surface area contributed by atoms with Crippen molar-refractivity contribution in [2.24, 2.45) is 16.8 Å². The molecule has 1 heterocycles. The van der Waals surface area contributed by atoms with Crippen molar-refractivity contribution >= 4 is 40.0 Å². The molecule has 0 aromatic heterocycles. The minimum atomic E-state index is -5.22. The summed E-state index contributed by atoms with van der Waals surface area (Å²) in [5.41, 5.74) is -5.22. The van der Waals surface area contributed by atoms with E-state index in [-0.39, 0.29) is 43.0 Å². The first-order valence-corrected chi connectivity index (χ1v) is 9.19. The van der Waals surface area contributed by atoms with Gasteiger partial charge in [0.25, 0.3) is 0 Å². The van der Waals surface area contributed by atoms with Gasteiger partial charge in [-0.05, 0) is 37.5 Å². The van der Waals surface area contributed by atoms with Crippen molar-refractivity contribution in [3.05, 3.63) is 0 Å². The van der Waals surface area contributed by atoms with Gasteiger partial charge in [-0.1, -0.05) is 0 Å². The van der Waals surface area contributed by atoms with E-state index in [4.69, 9.17) is 0 Å². The number of guanidine groups is 1. The number of piperidine rings is 1. The Labute approximate surface area is 157 Å². The molecule has 2 rings (SSSR count). The fourth-order valence-electron chi connectivity index (χ4n) is 2.52. The molecule has 142 valence electrons. The van der Waals surface area contributed by atoms with E-state index >= 15 is 0 Å². The van der Waals surface area contributed by atoms with E-state index in [0.29, 0.717) is 35.6 Å². The van der Waals surface area contributed by atoms with Crippen LogP contribution in [0.3, 0.4) is 0 Å². The number of aliphatic imine (C=N–C) groups is 1. The van der Waals surface area contributed by atoms with Gasteiger partial charge in [-0.15, -0.1) is 24.0 Å². The van der Waals surface area contributed by atoms with Gasteiger partial charge in [0.15, 0.2) is 5.96 Å². The summed E-state index contributed by atoms with van der Waals surface area (Å²) in [6, 6.07) is 0. The van der Waals surface area contributed by atoms with Crippen LogP contribution in [0, 0.1) is 11.8 Å². The van der Waals surface area contributed by atoms with E-state index in [1.54, 1.807) is 7.05 Å². The number of halogens is 4. The Morgan fingerprint density at radius 2 is 1.54 bits per heavy atom. The number of hydrogen-bond acceptors (Lipinski definition) is 3. The fourth-order valence-corrected chi connectivity index (χ4v) is 3.51. The van der Waals surface area contributed by atoms with Crippen LogP contribution in [-0.2, 0) is 10.0 Å². The Bertz CT molecular complexity index is 530. The summed E-state index contributed by atoms with van der Waals surface area (Å²) < 4.78 is 60.7. The summed E-state index contributed by atoms with van der Waals surface area (Å²) in [5, 5.41) is 6.36. The Morgan fingerprint density at radius 3 is 1.92 bits per heavy atom. The van der Waals surface area contributed by atoms with Crippen LogP contribution in [-0.4, -0.2) is 57.4 Å². The van der Waals surface area contributed by atoms with Gasteiger partial charge in [-0.2, -0.15) is 17.5 Å². The van der Waals surface area contributed by atoms with Crippen molar-refractivity contribution in [2.75, 3.05) is 33.2 Å². The van der Waals surface area contributed by atoms with Gasteiger partial charge in [0.1, 0.15) is 0 Å². The van der Waals surface area contributed by atoms with Gasteiger partial charge in [0, 0.05) is 33.2 Å². The van der Waals surface area contributed by atoms with Gasteiger partial charge in [-0.3, -0.25) is 4.99 Å². The highest BCUT2D eigenvalue weighted by atomic mass is 127. The zero-order chi connectivity index (χ0) is 17.1. The van der Waals surface area contributed by atoms with Crippen LogP contribution in [0.4, 0.5) is 13.2 Å². The number of hydrogen-bond donors (Lipinski definition) is 2. The Kier molecular flexibility index (Phi) is 8.04. The molecule has 0 aromatic rings. The average Bonchev–Trinajstić information content (AvgIpc) is 3.31. The molecule has 2 N–H and O–H groups in total. The fraction of sp³-hybridized carbons (Fsp3) is 0.923. The molecule has 0 spiro atoms. The Morgan fingerprint density at radius 1 is 1.08 bits per heavy atom. The molecular formula is C13H24F3IN4O2S. The van der Waals surface area contributed by atoms with Crippen molar-refractivity contribution < 1.29 is 21.6 Å². The standard InChI is InChI=1S/C13H23F3N4O2S.HI/c1-17-12(18-8-10-2-3-10)19-9-11-4-6-20(7-5-11)23(21,22)13(14,15)16;/h10-11H,2-9H2,1H3,(H2,17,18,19);1H. The Balaban J connectivity index is 0.00000288. The van der Waals surface area contributed by atoms with Crippen molar-refractivity contribution in [1.29, 1.82) is 0 Å². The lowest BCUT2D eigenvalue weighted by molar-refractivity contribution is -0.0496. The maximum atomic E-state index is 12.5. The number of alkyl halides is 3. The molecule has 11 heteroatoms. The monoisotopic (exact) mass is 484 g/mol. The summed E-state index contributed by atoms with van der Waals surface area (Å²) in [6.07, 6.45) is 3.27. The van der Waals surface area contributed by atoms with Gasteiger partial charge in [0.2, 0.25) is 0 Å². The van der Waals surface area contributed by atoms with E-state index in [9.17, 15) is 21.6 Å². The molecule has 0 atom stereocenters. The normalized spacial score (nSPS) is 21.2. The van der Waals surface area contributed by atoms with E-state index in [1.165, 1.54) is 12.8 Å². The van der Waals surface area contributed by atoms with Gasteiger partial charge in [-0.25, -0.2) is 8.42 Å². The van der Waals surface area contributed by atoms with E-state index < -0.39 is 15.5 Å². The predicted octanol–water partition coefficient (Wildman–Crippen LogP) is 1.74. The largest absolute Gasteiger partial charge is 0.511 e. The molecule has 2 fully saturated rings. The number of nitrogens with one attached hydrogen (secondary N) is 2. The van der Waals surface area contributed by atoms with Crippen LogP contribution in [0.1, 0.15) is 25.7 Å². The van der Waals surface area contributed by atoms with Crippen molar-refractivity contribution in [1.82, 2.24) is 14.9 Å². The van der Waals surface area contributed by atoms with Crippen molar-refractivity contribution in [2.45, 2.75) is 31.2 Å². The molecule has 1 aliphatic heterocycles. The highest BCUT2D eigenvalue weighted by Gasteiger charge is 2.50. The minimum Gasteiger partial charge on any atom is -0.356 e. The summed E-state index contributed by atoms with van der Waals surface area (Å²) in [6.45, 7) is 1.26. The van der Waals surface area contributed by atoms with E-state index in [2.05, 4.69) is 15.6 Å². The molecule has 0 radical (unpaired) electrons. The minimum absolute atomic E-state index is 0. The molecular weight excluding hydrogens is 460 g/mol. The van der Waals surface area contributed by atoms with Crippen LogP contribution >= 0.6 is 24.0 Å². The third-order valence-electron chi connectivity index (χ3n) is 4.24. The molecule has 0 bridgehead atoms. The predicted molar refractivity (Wildman–Crippen MR) is 96.8 cm³/mol. The van der Waals surface area contributed by atoms with Gasteiger partial charge < -0.3 is 10.6 Å². The molecule has 1 saturated heterocycles. The van der Waals surface area contributed by atoms with Crippen molar-refractivity contribution in [3.63, 3.8) is 0 Å². The summed E-state index contributed by atoms with van der Waals surface area (Å²) in [5.74, 6) is 1.53. The lowest BCUT2D eigenvalue weighted by atomic mass is 9.98. The SMILES string of the molecule is CN=C(NCC1CC1)NCC1CCN(S(=O)(=O)C(F)(F)F)CC1.I. The first kappa shape index (κ1) is 21.7. The van der Waals surface area contributed by atoms with Crippen LogP contribution in [0.2, 0.25) is 0 Å². The topological polar surface area (TPSA) is 73.8 Å². The number of sulfonamides is 1. The average molecular weight is 484 g/mol. The highest BCUT2D eigenvalue weighted by molar-refractivity contribution is 14.0. The number of nitrogens with zero attached hydrogens (tertiary/aromatic N) is 2. The number of rotatable bonds is 5. The van der Waals surface area contributed by atoms with Crippen LogP contribution < -0.4 is 10.6 Å². The molecule has 24 heavy (non-hydrogen) atoms. The maximum Gasteiger partial charge on any atom is 0.511 e. The second-order valence-electron chi connectivity index (χ2n) is 6.07. The van der Waals surface area contributed by atoms with Gasteiger partial charge >= 0.3 is 15.5 Å². The molecule has 1 saturated carbocycles. The third kappa shape index (κ3) is 5.90. The quantitative estimate of drug-likeness (QED) is 0.355. The molecule has 0 aromatic carbocycles. The summed E-state index contributed by atoms with van der Waals surface area (Å²) in [4.78, 5) is 4.10. The zero-order valence-electron chi connectivity index (χ0n) is 13.5. The first-order chi connectivity index (χ1) is 10.7. The molecule has 2 aliphatic rings. The molecule has 0 amide bonds. The molecule has 6 nitrogen and oxygen atoms in total. The van der Waals surface area contributed by atoms with E-state index in [1.807, 2.05) is 0 Å². The third-order valence-corrected chi connectivity index (χ3v) is 5.87. The Hall–Kier alpha value is -0.300. The second kappa shape index (κ2) is 8.88. The van der Waals surface area contributed by atoms with Gasteiger partial charge in [0.05, 0.1) is 0 Å². The van der Waals surface area contributed by atoms with Crippen LogP contribution in [0.15, 0.2) is 4.99 Å². The smallest absolute Gasteiger partial charge is 0.356 e. The van der Waals surface area contributed by atoms with Crippen LogP contribution in [0.5, 0.6) is 0 Å². The molecule has 1 aliphatic carbocycles. The molecule has 0 unspecified atom stereocenters. The lowest BCUT2D eigenvalue weighted by Crippen LogP contribution is -2.47. The lowest BCUT2D eigenvalue weighted by Gasteiger charge is -2.31. The van der Waals surface area contributed by atoms with Crippen molar-refractivity contribution in [3.8, 4) is 0 Å².